The van der Waals surface area contributed by atoms with Crippen molar-refractivity contribution in [3.8, 4) is 5.75 Å². The third-order valence-electron chi connectivity index (χ3n) is 4.39. The topological polar surface area (TPSA) is 41.5 Å². The Balaban J connectivity index is 0.00000338. The molecule has 2 aromatic carbocycles. The molecule has 0 spiro atoms. The molecule has 0 heterocycles. The highest BCUT2D eigenvalue weighted by Crippen LogP contribution is 2.17. The predicted octanol–water partition coefficient (Wildman–Crippen LogP) is 4.85. The molecule has 0 aromatic heterocycles. The fourth-order valence-corrected chi connectivity index (χ4v) is 2.87. The van der Waals surface area contributed by atoms with Crippen LogP contribution in [0, 0.1) is 6.92 Å². The smallest absolute Gasteiger partial charge is 0.119 e. The zero-order valence-electron chi connectivity index (χ0n) is 16.1. The fourth-order valence-electron chi connectivity index (χ4n) is 2.87. The minimum Gasteiger partial charge on any atom is -0.491 e. The Labute approximate surface area is 164 Å². The number of hydrogen-bond donors (Lipinski definition) is 2. The third kappa shape index (κ3) is 7.36. The van der Waals surface area contributed by atoms with Gasteiger partial charge in [0.15, 0.2) is 0 Å². The molecule has 0 aliphatic heterocycles. The van der Waals surface area contributed by atoms with Crippen LogP contribution in [0.25, 0.3) is 0 Å². The van der Waals surface area contributed by atoms with Crippen LogP contribution in [0.4, 0.5) is 0 Å². The van der Waals surface area contributed by atoms with Gasteiger partial charge in [0.1, 0.15) is 18.5 Å². The van der Waals surface area contributed by atoms with Gasteiger partial charge in [0, 0.05) is 12.6 Å². The number of hydrogen-bond acceptors (Lipinski definition) is 3. The minimum absolute atomic E-state index is 0. The first-order chi connectivity index (χ1) is 12.1. The second-order valence-electron chi connectivity index (χ2n) is 6.64. The van der Waals surface area contributed by atoms with E-state index in [-0.39, 0.29) is 18.4 Å². The number of ether oxygens (including phenoxy) is 1. The van der Waals surface area contributed by atoms with Crippen molar-refractivity contribution in [2.24, 2.45) is 0 Å². The van der Waals surface area contributed by atoms with Crippen molar-refractivity contribution < 1.29 is 9.84 Å². The lowest BCUT2D eigenvalue weighted by molar-refractivity contribution is 0.103. The molecular formula is C22H32ClNO2. The number of aryl methyl sites for hydroxylation is 2. The molecule has 2 rings (SSSR count). The quantitative estimate of drug-likeness (QED) is 0.621. The van der Waals surface area contributed by atoms with E-state index in [4.69, 9.17) is 4.74 Å². The summed E-state index contributed by atoms with van der Waals surface area (Å²) < 4.78 is 5.70. The number of aliphatic hydroxyl groups is 1. The average Bonchev–Trinajstić information content (AvgIpc) is 2.63. The van der Waals surface area contributed by atoms with Gasteiger partial charge in [-0.3, -0.25) is 0 Å². The number of nitrogens with one attached hydrogen (secondary N) is 1. The van der Waals surface area contributed by atoms with Crippen LogP contribution in [0.5, 0.6) is 5.75 Å². The van der Waals surface area contributed by atoms with Crippen LogP contribution in [0.3, 0.4) is 0 Å². The highest BCUT2D eigenvalue weighted by Gasteiger charge is 2.12. The van der Waals surface area contributed by atoms with Gasteiger partial charge in [-0.05, 0) is 43.0 Å². The zero-order chi connectivity index (χ0) is 18.1. The zero-order valence-corrected chi connectivity index (χ0v) is 16.9. The van der Waals surface area contributed by atoms with Gasteiger partial charge in [-0.2, -0.15) is 0 Å². The van der Waals surface area contributed by atoms with Gasteiger partial charge in [-0.25, -0.2) is 0 Å². The normalized spacial score (nSPS) is 12.9. The maximum Gasteiger partial charge on any atom is 0.119 e. The van der Waals surface area contributed by atoms with E-state index < -0.39 is 6.10 Å². The lowest BCUT2D eigenvalue weighted by Crippen LogP contribution is -2.33. The lowest BCUT2D eigenvalue weighted by Gasteiger charge is -2.20. The van der Waals surface area contributed by atoms with Crippen molar-refractivity contribution in [3.05, 3.63) is 65.2 Å². The molecule has 3 nitrogen and oxygen atoms in total. The van der Waals surface area contributed by atoms with Gasteiger partial charge in [-0.1, -0.05) is 62.2 Å². The molecule has 0 aliphatic rings. The molecule has 2 N–H and O–H groups in total. The molecule has 2 unspecified atom stereocenters. The van der Waals surface area contributed by atoms with Crippen LogP contribution in [0.1, 0.15) is 49.4 Å². The summed E-state index contributed by atoms with van der Waals surface area (Å²) in [5, 5.41) is 13.6. The summed E-state index contributed by atoms with van der Waals surface area (Å²) in [4.78, 5) is 0. The maximum absolute atomic E-state index is 10.2. The highest BCUT2D eigenvalue weighted by molar-refractivity contribution is 5.85. The Bertz CT molecular complexity index is 613. The summed E-state index contributed by atoms with van der Waals surface area (Å²) >= 11 is 0. The van der Waals surface area contributed by atoms with Gasteiger partial charge < -0.3 is 15.2 Å². The van der Waals surface area contributed by atoms with E-state index in [1.54, 1.807) is 0 Å². The largest absolute Gasteiger partial charge is 0.491 e. The summed E-state index contributed by atoms with van der Waals surface area (Å²) in [6, 6.07) is 16.9. The Morgan fingerprint density at radius 3 is 2.23 bits per heavy atom. The van der Waals surface area contributed by atoms with Crippen LogP contribution in [0.15, 0.2) is 48.5 Å². The Morgan fingerprint density at radius 1 is 1.00 bits per heavy atom. The summed E-state index contributed by atoms with van der Waals surface area (Å²) in [5.41, 5.74) is 3.84. The summed E-state index contributed by atoms with van der Waals surface area (Å²) in [6.45, 7) is 7.23. The lowest BCUT2D eigenvalue weighted by atomic mass is 10.0. The van der Waals surface area contributed by atoms with Crippen LogP contribution >= 0.6 is 12.4 Å². The van der Waals surface area contributed by atoms with E-state index in [2.05, 4.69) is 62.5 Å². The molecule has 2 aromatic rings. The van der Waals surface area contributed by atoms with Crippen LogP contribution in [-0.2, 0) is 6.42 Å². The molecular weight excluding hydrogens is 346 g/mol. The first-order valence-corrected chi connectivity index (χ1v) is 9.32. The van der Waals surface area contributed by atoms with E-state index in [0.717, 1.165) is 25.0 Å². The Hall–Kier alpha value is -1.55. The number of benzene rings is 2. The van der Waals surface area contributed by atoms with Crippen LogP contribution in [0.2, 0.25) is 0 Å². The van der Waals surface area contributed by atoms with Gasteiger partial charge in [0.25, 0.3) is 0 Å². The third-order valence-corrected chi connectivity index (χ3v) is 4.39. The van der Waals surface area contributed by atoms with Gasteiger partial charge in [0.2, 0.25) is 0 Å². The number of rotatable bonds is 10. The van der Waals surface area contributed by atoms with Crippen molar-refractivity contribution in [2.75, 3.05) is 13.2 Å². The highest BCUT2D eigenvalue weighted by atomic mass is 35.5. The Morgan fingerprint density at radius 2 is 1.65 bits per heavy atom. The first kappa shape index (κ1) is 22.5. The molecule has 4 heteroatoms. The van der Waals surface area contributed by atoms with Gasteiger partial charge in [-0.15, -0.1) is 12.4 Å². The summed E-state index contributed by atoms with van der Waals surface area (Å²) in [5.74, 6) is 0.810. The number of aliphatic hydroxyl groups excluding tert-OH is 1. The number of halogens is 1. The monoisotopic (exact) mass is 377 g/mol. The van der Waals surface area contributed by atoms with Crippen molar-refractivity contribution in [1.29, 1.82) is 0 Å². The second kappa shape index (κ2) is 11.9. The summed E-state index contributed by atoms with van der Waals surface area (Å²) in [7, 11) is 0. The first-order valence-electron chi connectivity index (χ1n) is 9.32. The van der Waals surface area contributed by atoms with Crippen molar-refractivity contribution in [2.45, 2.75) is 52.2 Å². The molecule has 0 saturated carbocycles. The fraction of sp³-hybridized carbons (Fsp3) is 0.455. The van der Waals surface area contributed by atoms with E-state index in [1.807, 2.05) is 12.1 Å². The SMILES string of the molecule is CCCc1ccc(OCC(O)CNC(CC)c2ccc(C)cc2)cc1.Cl. The van der Waals surface area contributed by atoms with E-state index in [9.17, 15) is 5.11 Å². The summed E-state index contributed by atoms with van der Waals surface area (Å²) in [6.07, 6.45) is 2.68. The van der Waals surface area contributed by atoms with E-state index in [1.165, 1.54) is 16.7 Å². The molecule has 0 saturated heterocycles. The van der Waals surface area contributed by atoms with Gasteiger partial charge in [0.05, 0.1) is 0 Å². The maximum atomic E-state index is 10.2. The average molecular weight is 378 g/mol. The Kier molecular flexibility index (Phi) is 10.3. The van der Waals surface area contributed by atoms with Crippen molar-refractivity contribution in [1.82, 2.24) is 5.32 Å². The molecule has 26 heavy (non-hydrogen) atoms. The second-order valence-corrected chi connectivity index (χ2v) is 6.64. The molecule has 2 atom stereocenters. The van der Waals surface area contributed by atoms with Crippen molar-refractivity contribution >= 4 is 12.4 Å². The molecule has 0 fully saturated rings. The predicted molar refractivity (Wildman–Crippen MR) is 111 cm³/mol. The molecule has 0 radical (unpaired) electrons. The minimum atomic E-state index is -0.533. The van der Waals surface area contributed by atoms with Crippen LogP contribution < -0.4 is 10.1 Å². The van der Waals surface area contributed by atoms with E-state index in [0.29, 0.717) is 13.2 Å². The van der Waals surface area contributed by atoms with Crippen molar-refractivity contribution in [3.63, 3.8) is 0 Å². The van der Waals surface area contributed by atoms with Gasteiger partial charge >= 0.3 is 0 Å². The molecule has 0 bridgehead atoms. The standard InChI is InChI=1S/C22H31NO2.ClH/c1-4-6-18-9-13-21(14-10-18)25-16-20(24)15-23-22(5-2)19-11-7-17(3)8-12-19;/h7-14,20,22-24H,4-6,15-16H2,1-3H3;1H. The van der Waals surface area contributed by atoms with Crippen LogP contribution in [-0.4, -0.2) is 24.4 Å². The molecule has 0 aliphatic carbocycles. The molecule has 144 valence electrons. The van der Waals surface area contributed by atoms with E-state index >= 15 is 0 Å². The molecule has 0 amide bonds.